The van der Waals surface area contributed by atoms with E-state index >= 15 is 0 Å². The number of hydrogen-bond acceptors (Lipinski definition) is 3. The van der Waals surface area contributed by atoms with E-state index < -0.39 is 0 Å². The summed E-state index contributed by atoms with van der Waals surface area (Å²) in [4.78, 5) is 23.0. The van der Waals surface area contributed by atoms with Crippen molar-refractivity contribution >= 4 is 23.2 Å². The number of aromatic nitrogens is 2. The van der Waals surface area contributed by atoms with Gasteiger partial charge in [-0.05, 0) is 48.7 Å². The van der Waals surface area contributed by atoms with Gasteiger partial charge in [-0.3, -0.25) is 14.8 Å². The molecule has 5 heteroatoms. The lowest BCUT2D eigenvalue weighted by atomic mass is 9.90. The van der Waals surface area contributed by atoms with Gasteiger partial charge in [-0.1, -0.05) is 38.4 Å². The molecule has 1 aliphatic rings. The Morgan fingerprint density at radius 1 is 0.967 bits per heavy atom. The number of benzene rings is 1. The van der Waals surface area contributed by atoms with Crippen molar-refractivity contribution in [1.29, 1.82) is 0 Å². The van der Waals surface area contributed by atoms with Crippen LogP contribution in [0.25, 0.3) is 22.3 Å². The molecule has 1 aromatic carbocycles. The molecular weight excluding hydrogens is 394 g/mol. The van der Waals surface area contributed by atoms with Gasteiger partial charge in [0.1, 0.15) is 0 Å². The van der Waals surface area contributed by atoms with Crippen LogP contribution in [-0.4, -0.2) is 22.4 Å². The van der Waals surface area contributed by atoms with Crippen LogP contribution >= 0.6 is 11.6 Å². The van der Waals surface area contributed by atoms with Gasteiger partial charge in [-0.25, -0.2) is 0 Å². The van der Waals surface area contributed by atoms with E-state index in [9.17, 15) is 4.79 Å². The van der Waals surface area contributed by atoms with Gasteiger partial charge in [0.05, 0.1) is 5.02 Å². The standard InChI is InChI=1S/C25H26ClN3O/c1-25(2,3)23-13-17(9-10-28-23)18-12-19(16-27-15-18)21-8-7-20(14-22(21)26)29-11-5-4-6-24(29)30/h7-10,12-16H,4-6,11H2,1-3H3. The fraction of sp³-hybridized carbons (Fsp3) is 0.320. The van der Waals surface area contributed by atoms with Crippen molar-refractivity contribution in [2.75, 3.05) is 11.4 Å². The maximum absolute atomic E-state index is 12.2. The molecule has 1 amide bonds. The molecule has 3 aromatic rings. The third kappa shape index (κ3) is 4.24. The van der Waals surface area contributed by atoms with Gasteiger partial charge < -0.3 is 4.90 Å². The fourth-order valence-corrected chi connectivity index (χ4v) is 4.03. The molecule has 0 saturated carbocycles. The van der Waals surface area contributed by atoms with Crippen LogP contribution in [0, 0.1) is 0 Å². The van der Waals surface area contributed by atoms with E-state index in [-0.39, 0.29) is 11.3 Å². The minimum atomic E-state index is -0.0218. The second-order valence-corrected chi connectivity index (χ2v) is 9.22. The summed E-state index contributed by atoms with van der Waals surface area (Å²) in [6.07, 6.45) is 8.13. The third-order valence-corrected chi connectivity index (χ3v) is 5.81. The number of anilines is 1. The van der Waals surface area contributed by atoms with Crippen molar-refractivity contribution in [3.8, 4) is 22.3 Å². The lowest BCUT2D eigenvalue weighted by molar-refractivity contribution is -0.119. The minimum Gasteiger partial charge on any atom is -0.312 e. The van der Waals surface area contributed by atoms with Gasteiger partial charge in [-0.15, -0.1) is 0 Å². The first kappa shape index (κ1) is 20.5. The van der Waals surface area contributed by atoms with E-state index in [0.29, 0.717) is 11.4 Å². The zero-order chi connectivity index (χ0) is 21.3. The first-order chi connectivity index (χ1) is 14.3. The first-order valence-electron chi connectivity index (χ1n) is 10.4. The summed E-state index contributed by atoms with van der Waals surface area (Å²) in [6, 6.07) is 12.1. The van der Waals surface area contributed by atoms with Crippen molar-refractivity contribution in [2.45, 2.75) is 45.4 Å². The number of halogens is 1. The van der Waals surface area contributed by atoms with Crippen LogP contribution in [0.5, 0.6) is 0 Å². The van der Waals surface area contributed by atoms with Gasteiger partial charge in [0.15, 0.2) is 0 Å². The predicted octanol–water partition coefficient (Wildman–Crippen LogP) is 6.28. The summed E-state index contributed by atoms with van der Waals surface area (Å²) in [5, 5.41) is 0.620. The summed E-state index contributed by atoms with van der Waals surface area (Å²) >= 11 is 6.64. The molecule has 4 nitrogen and oxygen atoms in total. The average Bonchev–Trinajstić information content (AvgIpc) is 2.73. The van der Waals surface area contributed by atoms with Gasteiger partial charge in [-0.2, -0.15) is 0 Å². The number of pyridine rings is 2. The lowest BCUT2D eigenvalue weighted by Gasteiger charge is -2.27. The van der Waals surface area contributed by atoms with Crippen molar-refractivity contribution < 1.29 is 4.79 Å². The Morgan fingerprint density at radius 2 is 1.77 bits per heavy atom. The Bertz CT molecular complexity index is 1090. The zero-order valence-corrected chi connectivity index (χ0v) is 18.4. The van der Waals surface area contributed by atoms with E-state index in [4.69, 9.17) is 11.6 Å². The Morgan fingerprint density at radius 3 is 2.50 bits per heavy atom. The van der Waals surface area contributed by atoms with E-state index in [1.54, 1.807) is 0 Å². The number of hydrogen-bond donors (Lipinski definition) is 0. The van der Waals surface area contributed by atoms with E-state index in [2.05, 4.69) is 42.9 Å². The second-order valence-electron chi connectivity index (χ2n) is 8.81. The molecule has 0 spiro atoms. The lowest BCUT2D eigenvalue weighted by Crippen LogP contribution is -2.35. The molecule has 0 atom stereocenters. The Balaban J connectivity index is 1.67. The van der Waals surface area contributed by atoms with Crippen LogP contribution in [0.4, 0.5) is 5.69 Å². The van der Waals surface area contributed by atoms with Crippen molar-refractivity contribution in [1.82, 2.24) is 9.97 Å². The monoisotopic (exact) mass is 419 g/mol. The molecule has 1 aliphatic heterocycles. The van der Waals surface area contributed by atoms with Crippen LogP contribution in [-0.2, 0) is 10.2 Å². The van der Waals surface area contributed by atoms with Crippen molar-refractivity contribution in [3.63, 3.8) is 0 Å². The van der Waals surface area contributed by atoms with Gasteiger partial charge in [0, 0.05) is 65.0 Å². The summed E-state index contributed by atoms with van der Waals surface area (Å²) in [5.41, 5.74) is 5.84. The number of piperidine rings is 1. The molecular formula is C25H26ClN3O. The molecule has 0 radical (unpaired) electrons. The topological polar surface area (TPSA) is 46.1 Å². The average molecular weight is 420 g/mol. The molecule has 1 fully saturated rings. The van der Waals surface area contributed by atoms with E-state index in [1.807, 2.05) is 47.8 Å². The molecule has 4 rings (SSSR count). The zero-order valence-electron chi connectivity index (χ0n) is 17.7. The van der Waals surface area contributed by atoms with Gasteiger partial charge in [0.25, 0.3) is 0 Å². The summed E-state index contributed by atoms with van der Waals surface area (Å²) < 4.78 is 0. The van der Waals surface area contributed by atoms with E-state index in [0.717, 1.165) is 53.0 Å². The normalized spacial score (nSPS) is 14.8. The highest BCUT2D eigenvalue weighted by Crippen LogP contribution is 2.34. The highest BCUT2D eigenvalue weighted by Gasteiger charge is 2.21. The van der Waals surface area contributed by atoms with Crippen LogP contribution in [0.2, 0.25) is 5.02 Å². The number of amides is 1. The first-order valence-corrected chi connectivity index (χ1v) is 10.7. The van der Waals surface area contributed by atoms with Gasteiger partial charge in [0.2, 0.25) is 5.91 Å². The molecule has 3 heterocycles. The number of nitrogens with zero attached hydrogens (tertiary/aromatic N) is 3. The maximum Gasteiger partial charge on any atom is 0.226 e. The van der Waals surface area contributed by atoms with Gasteiger partial charge >= 0.3 is 0 Å². The molecule has 0 unspecified atom stereocenters. The molecule has 0 aliphatic carbocycles. The van der Waals surface area contributed by atoms with Crippen molar-refractivity contribution in [2.24, 2.45) is 0 Å². The summed E-state index contributed by atoms with van der Waals surface area (Å²) in [5.74, 6) is 0.168. The molecule has 2 aromatic heterocycles. The Hall–Kier alpha value is -2.72. The summed E-state index contributed by atoms with van der Waals surface area (Å²) in [6.45, 7) is 7.22. The van der Waals surface area contributed by atoms with Crippen molar-refractivity contribution in [3.05, 3.63) is 65.7 Å². The quantitative estimate of drug-likeness (QED) is 0.502. The van der Waals surface area contributed by atoms with E-state index in [1.165, 1.54) is 0 Å². The fourth-order valence-electron chi connectivity index (χ4n) is 3.75. The molecule has 154 valence electrons. The van der Waals surface area contributed by atoms with Crippen LogP contribution < -0.4 is 4.90 Å². The Kier molecular flexibility index (Phi) is 5.61. The van der Waals surface area contributed by atoms with Crippen LogP contribution in [0.1, 0.15) is 45.7 Å². The molecule has 0 bridgehead atoms. The highest BCUT2D eigenvalue weighted by molar-refractivity contribution is 6.33. The number of carbonyl (C=O) groups excluding carboxylic acids is 1. The number of carbonyl (C=O) groups is 1. The molecule has 0 N–H and O–H groups in total. The third-order valence-electron chi connectivity index (χ3n) is 5.50. The second kappa shape index (κ2) is 8.19. The largest absolute Gasteiger partial charge is 0.312 e. The SMILES string of the molecule is CC(C)(C)c1cc(-c2cncc(-c3ccc(N4CCCCC4=O)cc3Cl)c2)ccn1. The van der Waals surface area contributed by atoms with Crippen LogP contribution in [0.15, 0.2) is 55.0 Å². The smallest absolute Gasteiger partial charge is 0.226 e. The number of rotatable bonds is 3. The Labute approximate surface area is 182 Å². The molecule has 1 saturated heterocycles. The van der Waals surface area contributed by atoms with Crippen LogP contribution in [0.3, 0.4) is 0 Å². The predicted molar refractivity (Wildman–Crippen MR) is 123 cm³/mol. The summed E-state index contributed by atoms with van der Waals surface area (Å²) in [7, 11) is 0. The highest BCUT2D eigenvalue weighted by atomic mass is 35.5. The molecule has 30 heavy (non-hydrogen) atoms. The minimum absolute atomic E-state index is 0.0218. The maximum atomic E-state index is 12.2.